The molecule has 0 aliphatic heterocycles. The average Bonchev–Trinajstić information content (AvgIpc) is 2.72. The third-order valence-corrected chi connectivity index (χ3v) is 4.71. The monoisotopic (exact) mass is 390 g/mol. The van der Waals surface area contributed by atoms with Crippen molar-refractivity contribution in [1.29, 1.82) is 0 Å². The normalized spacial score (nSPS) is 10.3. The zero-order valence-electron chi connectivity index (χ0n) is 16.7. The second kappa shape index (κ2) is 9.01. The van der Waals surface area contributed by atoms with E-state index in [1.165, 1.54) is 0 Å². The maximum Gasteiger partial charge on any atom is 0.290 e. The molecule has 29 heavy (non-hydrogen) atoms. The van der Waals surface area contributed by atoms with Crippen LogP contribution in [0.4, 0.5) is 11.4 Å². The molecule has 6 nitrogen and oxygen atoms in total. The van der Waals surface area contributed by atoms with Crippen molar-refractivity contribution in [1.82, 2.24) is 0 Å². The van der Waals surface area contributed by atoms with Gasteiger partial charge in [0.2, 0.25) is 6.54 Å². The van der Waals surface area contributed by atoms with Gasteiger partial charge in [0.25, 0.3) is 11.8 Å². The Balaban J connectivity index is 1.63. The quantitative estimate of drug-likeness (QED) is 0.633. The molecule has 0 spiro atoms. The van der Waals surface area contributed by atoms with Gasteiger partial charge < -0.3 is 15.4 Å². The van der Waals surface area contributed by atoms with Crippen molar-refractivity contribution < 1.29 is 18.9 Å². The molecule has 0 atom stereocenters. The van der Waals surface area contributed by atoms with Gasteiger partial charge in [-0.3, -0.25) is 9.59 Å². The Kier molecular flexibility index (Phi) is 6.24. The maximum atomic E-state index is 12.5. The van der Waals surface area contributed by atoms with Gasteiger partial charge in [-0.1, -0.05) is 12.1 Å². The van der Waals surface area contributed by atoms with Crippen LogP contribution in [0.3, 0.4) is 0 Å². The first-order valence-corrected chi connectivity index (χ1v) is 9.28. The number of ether oxygens (including phenoxy) is 1. The highest BCUT2D eigenvalue weighted by Crippen LogP contribution is 2.23. The van der Waals surface area contributed by atoms with E-state index < -0.39 is 0 Å². The third kappa shape index (κ3) is 4.99. The van der Waals surface area contributed by atoms with Crippen LogP contribution in [0.1, 0.15) is 21.6 Å². The van der Waals surface area contributed by atoms with Crippen LogP contribution < -0.4 is 19.9 Å². The Bertz CT molecular complexity index is 1030. The molecule has 148 valence electrons. The molecule has 1 heterocycles. The SMILES string of the molecule is COc1ccccc1NC(=O)c1ccc(NC(=O)C[n+]2cccc(C)c2C)cc1. The van der Waals surface area contributed by atoms with E-state index >= 15 is 0 Å². The van der Waals surface area contributed by atoms with Gasteiger partial charge in [-0.05, 0) is 49.4 Å². The standard InChI is InChI=1S/C23H23N3O3/c1-16-7-6-14-26(17(16)2)15-22(27)24-19-12-10-18(11-13-19)23(28)25-20-8-4-5-9-21(20)29-3/h4-14H,15H2,1-3H3,(H-,24,25,27,28)/p+1. The van der Waals surface area contributed by atoms with Crippen LogP contribution in [-0.2, 0) is 11.3 Å². The van der Waals surface area contributed by atoms with E-state index in [0.717, 1.165) is 11.3 Å². The molecule has 0 fully saturated rings. The van der Waals surface area contributed by atoms with Crippen LogP contribution >= 0.6 is 0 Å². The molecule has 3 aromatic rings. The van der Waals surface area contributed by atoms with Crippen molar-refractivity contribution in [3.8, 4) is 5.75 Å². The second-order valence-electron chi connectivity index (χ2n) is 6.68. The van der Waals surface area contributed by atoms with E-state index in [2.05, 4.69) is 10.6 Å². The lowest BCUT2D eigenvalue weighted by Crippen LogP contribution is -2.43. The van der Waals surface area contributed by atoms with E-state index in [0.29, 0.717) is 22.7 Å². The number of hydrogen-bond acceptors (Lipinski definition) is 3. The van der Waals surface area contributed by atoms with Gasteiger partial charge in [0.1, 0.15) is 5.75 Å². The highest BCUT2D eigenvalue weighted by molar-refractivity contribution is 6.05. The summed E-state index contributed by atoms with van der Waals surface area (Å²) in [6, 6.07) is 17.9. The predicted octanol–water partition coefficient (Wildman–Crippen LogP) is 3.49. The Morgan fingerprint density at radius 1 is 0.931 bits per heavy atom. The van der Waals surface area contributed by atoms with Gasteiger partial charge in [0.15, 0.2) is 11.9 Å². The summed E-state index contributed by atoms with van der Waals surface area (Å²) in [6.45, 7) is 4.22. The number of aryl methyl sites for hydroxylation is 1. The van der Waals surface area contributed by atoms with Crippen molar-refractivity contribution in [2.75, 3.05) is 17.7 Å². The lowest BCUT2D eigenvalue weighted by Gasteiger charge is -2.10. The van der Waals surface area contributed by atoms with Crippen molar-refractivity contribution in [3.63, 3.8) is 0 Å². The number of methoxy groups -OCH3 is 1. The predicted molar refractivity (Wildman–Crippen MR) is 112 cm³/mol. The Morgan fingerprint density at radius 3 is 2.38 bits per heavy atom. The Hall–Kier alpha value is -3.67. The molecule has 2 N–H and O–H groups in total. The highest BCUT2D eigenvalue weighted by atomic mass is 16.5. The molecule has 2 amide bonds. The first-order valence-electron chi connectivity index (χ1n) is 9.28. The number of hydrogen-bond donors (Lipinski definition) is 2. The number of nitrogens with one attached hydrogen (secondary N) is 2. The van der Waals surface area contributed by atoms with E-state index in [-0.39, 0.29) is 18.4 Å². The lowest BCUT2D eigenvalue weighted by atomic mass is 10.2. The highest BCUT2D eigenvalue weighted by Gasteiger charge is 2.14. The summed E-state index contributed by atoms with van der Waals surface area (Å²) in [7, 11) is 1.55. The third-order valence-electron chi connectivity index (χ3n) is 4.71. The number of nitrogens with zero attached hydrogens (tertiary/aromatic N) is 1. The molecule has 2 aromatic carbocycles. The summed E-state index contributed by atoms with van der Waals surface area (Å²) in [5, 5.41) is 5.69. The van der Waals surface area contributed by atoms with Crippen LogP contribution in [0.15, 0.2) is 66.9 Å². The molecular formula is C23H24N3O3+. The van der Waals surface area contributed by atoms with Crippen LogP contribution in [-0.4, -0.2) is 18.9 Å². The minimum atomic E-state index is -0.252. The number of para-hydroxylation sites is 2. The summed E-state index contributed by atoms with van der Waals surface area (Å²) >= 11 is 0. The minimum absolute atomic E-state index is 0.130. The van der Waals surface area contributed by atoms with E-state index in [4.69, 9.17) is 4.74 Å². The molecule has 0 saturated heterocycles. The summed E-state index contributed by atoms with van der Waals surface area (Å²) in [5.74, 6) is 0.210. The van der Waals surface area contributed by atoms with Crippen molar-refractivity contribution in [2.24, 2.45) is 0 Å². The smallest absolute Gasteiger partial charge is 0.290 e. The topological polar surface area (TPSA) is 71.3 Å². The van der Waals surface area contributed by atoms with Crippen LogP contribution in [0.5, 0.6) is 5.75 Å². The van der Waals surface area contributed by atoms with Gasteiger partial charge in [-0.25, -0.2) is 0 Å². The van der Waals surface area contributed by atoms with Gasteiger partial charge >= 0.3 is 0 Å². The molecule has 3 rings (SSSR count). The average molecular weight is 390 g/mol. The van der Waals surface area contributed by atoms with Gasteiger partial charge in [-0.2, -0.15) is 4.57 Å². The van der Waals surface area contributed by atoms with Crippen LogP contribution in [0, 0.1) is 13.8 Å². The van der Waals surface area contributed by atoms with Crippen LogP contribution in [0.25, 0.3) is 0 Å². The molecular weight excluding hydrogens is 366 g/mol. The first kappa shape index (κ1) is 20.1. The summed E-state index contributed by atoms with van der Waals surface area (Å²) in [6.07, 6.45) is 1.88. The van der Waals surface area contributed by atoms with Crippen molar-refractivity contribution >= 4 is 23.2 Å². The van der Waals surface area contributed by atoms with Crippen molar-refractivity contribution in [2.45, 2.75) is 20.4 Å². The zero-order chi connectivity index (χ0) is 20.8. The summed E-state index contributed by atoms with van der Waals surface area (Å²) < 4.78 is 7.15. The summed E-state index contributed by atoms with van der Waals surface area (Å²) in [5.41, 5.74) is 3.90. The number of aromatic nitrogens is 1. The second-order valence-corrected chi connectivity index (χ2v) is 6.68. The number of rotatable bonds is 6. The molecule has 0 aliphatic carbocycles. The van der Waals surface area contributed by atoms with Gasteiger partial charge in [0, 0.05) is 29.8 Å². The molecule has 0 unspecified atom stereocenters. The lowest BCUT2D eigenvalue weighted by molar-refractivity contribution is -0.690. The largest absolute Gasteiger partial charge is 0.495 e. The molecule has 1 aromatic heterocycles. The number of anilines is 2. The Morgan fingerprint density at radius 2 is 1.66 bits per heavy atom. The van der Waals surface area contributed by atoms with E-state index in [1.54, 1.807) is 43.5 Å². The van der Waals surface area contributed by atoms with E-state index in [9.17, 15) is 9.59 Å². The molecule has 0 bridgehead atoms. The molecule has 0 radical (unpaired) electrons. The fourth-order valence-electron chi connectivity index (χ4n) is 2.92. The number of benzene rings is 2. The zero-order valence-corrected chi connectivity index (χ0v) is 16.7. The Labute approximate surface area is 170 Å². The van der Waals surface area contributed by atoms with Gasteiger partial charge in [0.05, 0.1) is 12.8 Å². The van der Waals surface area contributed by atoms with Crippen LogP contribution in [0.2, 0.25) is 0 Å². The fourth-order valence-corrected chi connectivity index (χ4v) is 2.92. The maximum absolute atomic E-state index is 12.5. The molecule has 6 heteroatoms. The minimum Gasteiger partial charge on any atom is -0.495 e. The fraction of sp³-hybridized carbons (Fsp3) is 0.174. The van der Waals surface area contributed by atoms with E-state index in [1.807, 2.05) is 48.9 Å². The number of carbonyl (C=O) groups excluding carboxylic acids is 2. The number of carbonyl (C=O) groups is 2. The molecule has 0 saturated carbocycles. The first-order chi connectivity index (χ1) is 14.0. The number of pyridine rings is 1. The summed E-state index contributed by atoms with van der Waals surface area (Å²) in [4.78, 5) is 24.8. The molecule has 0 aliphatic rings. The van der Waals surface area contributed by atoms with Crippen molar-refractivity contribution in [3.05, 3.63) is 83.7 Å². The number of amides is 2. The van der Waals surface area contributed by atoms with Gasteiger partial charge in [-0.15, -0.1) is 0 Å².